The molecule has 3 aromatic rings. The van der Waals surface area contributed by atoms with E-state index in [2.05, 4.69) is 9.97 Å². The summed E-state index contributed by atoms with van der Waals surface area (Å²) in [5, 5.41) is 10.7. The number of hydrogen-bond donors (Lipinski definition) is 2. The molecule has 2 heterocycles. The number of ether oxygens (including phenoxy) is 1. The number of rotatable bonds is 4. The number of aromatic hydroxyl groups is 1. The number of pyridine rings is 2. The summed E-state index contributed by atoms with van der Waals surface area (Å²) >= 11 is 0. The summed E-state index contributed by atoms with van der Waals surface area (Å²) in [5.74, 6) is 0.148. The van der Waals surface area contributed by atoms with Gasteiger partial charge in [0.25, 0.3) is 5.56 Å². The van der Waals surface area contributed by atoms with Crippen molar-refractivity contribution in [3.05, 3.63) is 70.2 Å². The first-order valence-corrected chi connectivity index (χ1v) is 7.16. The lowest BCUT2D eigenvalue weighted by Gasteiger charge is -2.03. The second kappa shape index (κ2) is 6.37. The largest absolute Gasteiger partial charge is 0.506 e. The number of carbonyl (C=O) groups is 1. The van der Waals surface area contributed by atoms with Crippen molar-refractivity contribution in [1.29, 1.82) is 0 Å². The molecular weight excluding hydrogens is 308 g/mol. The van der Waals surface area contributed by atoms with Gasteiger partial charge in [-0.2, -0.15) is 0 Å². The normalized spacial score (nSPS) is 11.0. The smallest absolute Gasteiger partial charge is 0.260 e. The number of aromatic amines is 1. The molecule has 0 radical (unpaired) electrons. The van der Waals surface area contributed by atoms with Crippen LogP contribution < -0.4 is 10.3 Å². The highest BCUT2D eigenvalue weighted by atomic mass is 16.5. The monoisotopic (exact) mass is 322 g/mol. The topological polar surface area (TPSA) is 92.3 Å². The third-order valence-electron chi connectivity index (χ3n) is 3.57. The lowest BCUT2D eigenvalue weighted by molar-refractivity contribution is 0.104. The van der Waals surface area contributed by atoms with Gasteiger partial charge in [-0.1, -0.05) is 0 Å². The minimum absolute atomic E-state index is 0.0114. The van der Waals surface area contributed by atoms with E-state index in [0.29, 0.717) is 22.3 Å². The number of hydrogen-bond acceptors (Lipinski definition) is 5. The van der Waals surface area contributed by atoms with Gasteiger partial charge in [-0.3, -0.25) is 9.59 Å². The summed E-state index contributed by atoms with van der Waals surface area (Å²) in [4.78, 5) is 30.8. The molecule has 24 heavy (non-hydrogen) atoms. The maximum Gasteiger partial charge on any atom is 0.260 e. The molecule has 0 spiro atoms. The number of fused-ring (bicyclic) bond motifs is 1. The molecule has 0 bridgehead atoms. The van der Waals surface area contributed by atoms with Crippen molar-refractivity contribution in [2.75, 3.05) is 7.11 Å². The number of nitrogens with zero attached hydrogens (tertiary/aromatic N) is 1. The minimum Gasteiger partial charge on any atom is -0.506 e. The van der Waals surface area contributed by atoms with Crippen LogP contribution in [-0.4, -0.2) is 28.0 Å². The third-order valence-corrected chi connectivity index (χ3v) is 3.57. The highest BCUT2D eigenvalue weighted by Crippen LogP contribution is 2.24. The molecule has 0 saturated carbocycles. The second-order valence-electron chi connectivity index (χ2n) is 5.04. The fraction of sp³-hybridized carbons (Fsp3) is 0.0556. The molecule has 2 N–H and O–H groups in total. The molecule has 120 valence electrons. The maximum absolute atomic E-state index is 12.2. The molecule has 6 nitrogen and oxygen atoms in total. The molecule has 0 amide bonds. The highest BCUT2D eigenvalue weighted by Gasteiger charge is 2.10. The lowest BCUT2D eigenvalue weighted by Crippen LogP contribution is -2.10. The maximum atomic E-state index is 12.2. The molecule has 0 unspecified atom stereocenters. The van der Waals surface area contributed by atoms with Crippen molar-refractivity contribution in [2.45, 2.75) is 0 Å². The Balaban J connectivity index is 1.95. The van der Waals surface area contributed by atoms with Crippen LogP contribution in [0.15, 0.2) is 53.5 Å². The van der Waals surface area contributed by atoms with Crippen LogP contribution in [0.3, 0.4) is 0 Å². The Bertz CT molecular complexity index is 988. The van der Waals surface area contributed by atoms with E-state index in [9.17, 15) is 14.7 Å². The highest BCUT2D eigenvalue weighted by molar-refractivity contribution is 6.07. The summed E-state index contributed by atoms with van der Waals surface area (Å²) in [6.45, 7) is 0. The van der Waals surface area contributed by atoms with E-state index in [1.807, 2.05) is 0 Å². The average molecular weight is 322 g/mol. The number of H-pyrrole nitrogens is 1. The van der Waals surface area contributed by atoms with Crippen LogP contribution in [0.25, 0.3) is 17.1 Å². The molecule has 0 aliphatic carbocycles. The summed E-state index contributed by atoms with van der Waals surface area (Å²) < 4.78 is 5.04. The molecule has 3 rings (SSSR count). The molecule has 0 fully saturated rings. The Hall–Kier alpha value is -3.41. The molecular formula is C18H14N2O4. The lowest BCUT2D eigenvalue weighted by atomic mass is 10.1. The number of aromatic nitrogens is 2. The predicted molar refractivity (Wildman–Crippen MR) is 90.4 cm³/mol. The van der Waals surface area contributed by atoms with Crippen LogP contribution >= 0.6 is 0 Å². The molecule has 2 aromatic heterocycles. The summed E-state index contributed by atoms with van der Waals surface area (Å²) in [6.07, 6.45) is 4.06. The van der Waals surface area contributed by atoms with Gasteiger partial charge in [0.2, 0.25) is 0 Å². The van der Waals surface area contributed by atoms with Crippen molar-refractivity contribution < 1.29 is 14.6 Å². The number of ketones is 1. The molecule has 6 heteroatoms. The van der Waals surface area contributed by atoms with Gasteiger partial charge in [0.1, 0.15) is 17.1 Å². The van der Waals surface area contributed by atoms with E-state index in [0.717, 1.165) is 0 Å². The van der Waals surface area contributed by atoms with Crippen LogP contribution in [0, 0.1) is 0 Å². The number of allylic oxidation sites excluding steroid dienone is 1. The van der Waals surface area contributed by atoms with E-state index in [1.165, 1.54) is 18.3 Å². The van der Waals surface area contributed by atoms with Gasteiger partial charge >= 0.3 is 0 Å². The van der Waals surface area contributed by atoms with Crippen molar-refractivity contribution >= 4 is 22.9 Å². The van der Waals surface area contributed by atoms with Crippen LogP contribution in [0.4, 0.5) is 0 Å². The van der Waals surface area contributed by atoms with Crippen LogP contribution in [0.5, 0.6) is 11.5 Å². The Kier molecular flexibility index (Phi) is 4.11. The zero-order valence-electron chi connectivity index (χ0n) is 12.8. The Morgan fingerprint density at radius 2 is 2.00 bits per heavy atom. The van der Waals surface area contributed by atoms with Crippen LogP contribution in [0.2, 0.25) is 0 Å². The van der Waals surface area contributed by atoms with Gasteiger partial charge in [-0.15, -0.1) is 0 Å². The Morgan fingerprint density at radius 3 is 2.71 bits per heavy atom. The van der Waals surface area contributed by atoms with Crippen LogP contribution in [-0.2, 0) is 0 Å². The third kappa shape index (κ3) is 2.89. The minimum atomic E-state index is -0.516. The van der Waals surface area contributed by atoms with Crippen molar-refractivity contribution in [3.8, 4) is 11.5 Å². The fourth-order valence-corrected chi connectivity index (χ4v) is 2.29. The first-order valence-electron chi connectivity index (χ1n) is 7.16. The van der Waals surface area contributed by atoms with Gasteiger partial charge in [0.15, 0.2) is 5.78 Å². The molecule has 0 saturated heterocycles. The number of carbonyl (C=O) groups excluding carboxylic acids is 1. The van der Waals surface area contributed by atoms with Gasteiger partial charge < -0.3 is 14.8 Å². The first-order chi connectivity index (χ1) is 11.6. The molecule has 0 aliphatic rings. The van der Waals surface area contributed by atoms with Crippen molar-refractivity contribution in [3.63, 3.8) is 0 Å². The zero-order valence-corrected chi connectivity index (χ0v) is 12.8. The van der Waals surface area contributed by atoms with E-state index < -0.39 is 5.56 Å². The van der Waals surface area contributed by atoms with E-state index in [4.69, 9.17) is 4.74 Å². The quantitative estimate of drug-likeness (QED) is 0.569. The Labute approximate surface area is 137 Å². The number of benzene rings is 1. The van der Waals surface area contributed by atoms with Crippen LogP contribution in [0.1, 0.15) is 15.9 Å². The summed E-state index contributed by atoms with van der Waals surface area (Å²) in [7, 11) is 1.54. The van der Waals surface area contributed by atoms with Gasteiger partial charge in [-0.05, 0) is 48.6 Å². The summed E-state index contributed by atoms with van der Waals surface area (Å²) in [5.41, 5.74) is 0.235. The SMILES string of the molecule is COc1ccc(C(=O)C=Cc2c(O)c3cccnc3[nH]c2=O)cc1. The van der Waals surface area contributed by atoms with Gasteiger partial charge in [-0.25, -0.2) is 4.98 Å². The average Bonchev–Trinajstić information content (AvgIpc) is 2.61. The second-order valence-corrected chi connectivity index (χ2v) is 5.04. The van der Waals surface area contributed by atoms with E-state index in [-0.39, 0.29) is 17.1 Å². The predicted octanol–water partition coefficient (Wildman–Crippen LogP) is 2.53. The van der Waals surface area contributed by atoms with E-state index in [1.54, 1.807) is 43.5 Å². The number of nitrogens with one attached hydrogen (secondary N) is 1. The Morgan fingerprint density at radius 1 is 1.25 bits per heavy atom. The summed E-state index contributed by atoms with van der Waals surface area (Å²) in [6, 6.07) is 9.88. The van der Waals surface area contributed by atoms with Crippen molar-refractivity contribution in [1.82, 2.24) is 9.97 Å². The fourth-order valence-electron chi connectivity index (χ4n) is 2.29. The number of methoxy groups -OCH3 is 1. The molecule has 1 aromatic carbocycles. The zero-order chi connectivity index (χ0) is 17.1. The molecule has 0 aliphatic heterocycles. The van der Waals surface area contributed by atoms with Crippen molar-refractivity contribution in [2.24, 2.45) is 0 Å². The first kappa shape index (κ1) is 15.5. The standard InChI is InChI=1S/C18H14N2O4/c1-24-12-6-4-11(5-7-12)15(21)9-8-14-16(22)13-3-2-10-19-17(13)20-18(14)23/h2-10H,1H3,(H2,19,20,22,23). The molecule has 0 atom stereocenters. The van der Waals surface area contributed by atoms with Gasteiger partial charge in [0.05, 0.1) is 18.1 Å². The van der Waals surface area contributed by atoms with E-state index >= 15 is 0 Å². The van der Waals surface area contributed by atoms with Gasteiger partial charge in [0, 0.05) is 11.8 Å².